The predicted octanol–water partition coefficient (Wildman–Crippen LogP) is 5.05. The van der Waals surface area contributed by atoms with Gasteiger partial charge in [0.15, 0.2) is 0 Å². The molecule has 0 aromatic carbocycles. The highest BCUT2D eigenvalue weighted by molar-refractivity contribution is 5.79. The van der Waals surface area contributed by atoms with Crippen LogP contribution in [0.5, 0.6) is 0 Å². The molecule has 0 spiro atoms. The van der Waals surface area contributed by atoms with E-state index in [9.17, 15) is 9.59 Å². The molecule has 24 heavy (non-hydrogen) atoms. The molecule has 0 amide bonds. The molecule has 4 aliphatic carbocycles. The number of hydrogen-bond donors (Lipinski definition) is 0. The molecule has 0 N–H and O–H groups in total. The van der Waals surface area contributed by atoms with E-state index in [1.54, 1.807) is 0 Å². The first-order valence-corrected chi connectivity index (χ1v) is 10.4. The minimum atomic E-state index is 0.218. The van der Waals surface area contributed by atoms with Crippen molar-refractivity contribution in [3.8, 4) is 0 Å². The fourth-order valence-electron chi connectivity index (χ4n) is 8.04. The molecule has 8 atom stereocenters. The molecule has 4 saturated carbocycles. The van der Waals surface area contributed by atoms with Crippen LogP contribution in [0.25, 0.3) is 0 Å². The SMILES string of the molecule is CC(C=O)C1CCC2C3CCC4CC(=O)CCC4(C)C3CCC12C. The van der Waals surface area contributed by atoms with Crippen molar-refractivity contribution in [3.63, 3.8) is 0 Å². The highest BCUT2D eigenvalue weighted by atomic mass is 16.1. The summed E-state index contributed by atoms with van der Waals surface area (Å²) in [6.07, 6.45) is 11.8. The topological polar surface area (TPSA) is 34.1 Å². The van der Waals surface area contributed by atoms with Gasteiger partial charge in [0.05, 0.1) is 0 Å². The highest BCUT2D eigenvalue weighted by Crippen LogP contribution is 2.67. The van der Waals surface area contributed by atoms with Crippen LogP contribution in [0.15, 0.2) is 0 Å². The van der Waals surface area contributed by atoms with Crippen LogP contribution in [-0.2, 0) is 9.59 Å². The van der Waals surface area contributed by atoms with E-state index in [1.165, 1.54) is 44.8 Å². The van der Waals surface area contributed by atoms with Crippen molar-refractivity contribution in [3.05, 3.63) is 0 Å². The minimum Gasteiger partial charge on any atom is -0.303 e. The first-order valence-electron chi connectivity index (χ1n) is 10.4. The van der Waals surface area contributed by atoms with Crippen LogP contribution in [-0.4, -0.2) is 12.1 Å². The van der Waals surface area contributed by atoms with Gasteiger partial charge >= 0.3 is 0 Å². The van der Waals surface area contributed by atoms with Crippen LogP contribution in [0.3, 0.4) is 0 Å². The monoisotopic (exact) mass is 330 g/mol. The standard InChI is InChI=1S/C22H34O2/c1-14(13-23)18-6-7-19-17-5-4-15-12-16(24)8-10-21(15,2)20(17)9-11-22(18,19)3/h13-15,17-20H,4-12H2,1-3H3. The van der Waals surface area contributed by atoms with Crippen LogP contribution in [0, 0.1) is 46.3 Å². The highest BCUT2D eigenvalue weighted by Gasteiger charge is 2.60. The van der Waals surface area contributed by atoms with Gasteiger partial charge < -0.3 is 4.79 Å². The van der Waals surface area contributed by atoms with Crippen LogP contribution in [0.2, 0.25) is 0 Å². The third kappa shape index (κ3) is 2.20. The summed E-state index contributed by atoms with van der Waals surface area (Å²) < 4.78 is 0. The van der Waals surface area contributed by atoms with Gasteiger partial charge in [0, 0.05) is 18.8 Å². The van der Waals surface area contributed by atoms with E-state index in [4.69, 9.17) is 0 Å². The number of ketones is 1. The molecular weight excluding hydrogens is 296 g/mol. The van der Waals surface area contributed by atoms with Crippen LogP contribution >= 0.6 is 0 Å². The van der Waals surface area contributed by atoms with Crippen molar-refractivity contribution in [1.29, 1.82) is 0 Å². The Morgan fingerprint density at radius 1 is 1.00 bits per heavy atom. The van der Waals surface area contributed by atoms with Crippen molar-refractivity contribution in [1.82, 2.24) is 0 Å². The molecule has 4 fully saturated rings. The molecule has 0 aromatic rings. The zero-order chi connectivity index (χ0) is 17.1. The molecule has 8 unspecified atom stereocenters. The summed E-state index contributed by atoms with van der Waals surface area (Å²) in [6, 6.07) is 0. The largest absolute Gasteiger partial charge is 0.303 e. The summed E-state index contributed by atoms with van der Waals surface area (Å²) in [5.41, 5.74) is 0.793. The summed E-state index contributed by atoms with van der Waals surface area (Å²) in [5, 5.41) is 0. The Bertz CT molecular complexity index is 540. The van der Waals surface area contributed by atoms with Gasteiger partial charge in [0.25, 0.3) is 0 Å². The Labute approximate surface area is 147 Å². The zero-order valence-electron chi connectivity index (χ0n) is 15.7. The molecule has 0 radical (unpaired) electrons. The second kappa shape index (κ2) is 5.68. The third-order valence-corrected chi connectivity index (χ3v) is 9.40. The molecule has 0 aliphatic heterocycles. The number of carbonyl (C=O) groups is 2. The van der Waals surface area contributed by atoms with E-state index in [1.807, 2.05) is 0 Å². The van der Waals surface area contributed by atoms with Crippen molar-refractivity contribution >= 4 is 12.1 Å². The lowest BCUT2D eigenvalue weighted by molar-refractivity contribution is -0.140. The number of aldehydes is 1. The van der Waals surface area contributed by atoms with Crippen LogP contribution < -0.4 is 0 Å². The van der Waals surface area contributed by atoms with E-state index in [0.717, 1.165) is 37.0 Å². The number of rotatable bonds is 2. The third-order valence-electron chi connectivity index (χ3n) is 9.40. The lowest BCUT2D eigenvalue weighted by atomic mass is 9.44. The molecule has 0 heterocycles. The van der Waals surface area contributed by atoms with Gasteiger partial charge in [-0.05, 0) is 85.4 Å². The number of Topliss-reactive ketones (excluding diaryl/α,β-unsaturated/α-hetero) is 1. The Morgan fingerprint density at radius 3 is 2.50 bits per heavy atom. The smallest absolute Gasteiger partial charge is 0.133 e. The number of fused-ring (bicyclic) bond motifs is 5. The Morgan fingerprint density at radius 2 is 1.75 bits per heavy atom. The van der Waals surface area contributed by atoms with Gasteiger partial charge in [-0.2, -0.15) is 0 Å². The van der Waals surface area contributed by atoms with Crippen molar-refractivity contribution < 1.29 is 9.59 Å². The maximum atomic E-state index is 12.0. The lowest BCUT2D eigenvalue weighted by Gasteiger charge is -2.60. The van der Waals surface area contributed by atoms with Crippen molar-refractivity contribution in [2.75, 3.05) is 0 Å². The first kappa shape index (κ1) is 16.8. The maximum Gasteiger partial charge on any atom is 0.133 e. The summed E-state index contributed by atoms with van der Waals surface area (Å²) >= 11 is 0. The van der Waals surface area contributed by atoms with Gasteiger partial charge in [0.2, 0.25) is 0 Å². The Kier molecular flexibility index (Phi) is 3.97. The maximum absolute atomic E-state index is 12.0. The molecule has 0 aromatic heterocycles. The first-order chi connectivity index (χ1) is 11.4. The number of hydrogen-bond acceptors (Lipinski definition) is 2. The fourth-order valence-corrected chi connectivity index (χ4v) is 8.04. The van der Waals surface area contributed by atoms with Crippen molar-refractivity contribution in [2.45, 2.75) is 78.6 Å². The molecule has 2 nitrogen and oxygen atoms in total. The Balaban J connectivity index is 1.61. The van der Waals surface area contributed by atoms with Gasteiger partial charge in [0.1, 0.15) is 12.1 Å². The molecule has 2 heteroatoms. The normalized spacial score (nSPS) is 52.1. The van der Waals surface area contributed by atoms with Crippen molar-refractivity contribution in [2.24, 2.45) is 46.3 Å². The number of carbonyl (C=O) groups excluding carboxylic acids is 2. The van der Waals surface area contributed by atoms with E-state index in [2.05, 4.69) is 20.8 Å². The minimum absolute atomic E-state index is 0.218. The van der Waals surface area contributed by atoms with Crippen LogP contribution in [0.1, 0.15) is 78.6 Å². The molecule has 4 aliphatic rings. The van der Waals surface area contributed by atoms with E-state index in [-0.39, 0.29) is 5.92 Å². The lowest BCUT2D eigenvalue weighted by Crippen LogP contribution is -2.53. The molecule has 0 bridgehead atoms. The quantitative estimate of drug-likeness (QED) is 0.664. The van der Waals surface area contributed by atoms with Gasteiger partial charge in [-0.25, -0.2) is 0 Å². The predicted molar refractivity (Wildman–Crippen MR) is 95.5 cm³/mol. The van der Waals surface area contributed by atoms with E-state index >= 15 is 0 Å². The molecular formula is C22H34O2. The second-order valence-electron chi connectivity index (χ2n) is 10.1. The average molecular weight is 331 g/mol. The van der Waals surface area contributed by atoms with Gasteiger partial charge in [-0.1, -0.05) is 20.8 Å². The summed E-state index contributed by atoms with van der Waals surface area (Å²) in [7, 11) is 0. The second-order valence-corrected chi connectivity index (χ2v) is 10.1. The summed E-state index contributed by atoms with van der Waals surface area (Å²) in [5.74, 6) is 4.47. The van der Waals surface area contributed by atoms with Gasteiger partial charge in [-0.3, -0.25) is 4.79 Å². The molecule has 0 saturated heterocycles. The zero-order valence-corrected chi connectivity index (χ0v) is 15.7. The summed E-state index contributed by atoms with van der Waals surface area (Å²) in [6.45, 7) is 7.16. The average Bonchev–Trinajstić information content (AvgIpc) is 2.92. The van der Waals surface area contributed by atoms with Gasteiger partial charge in [-0.15, -0.1) is 0 Å². The molecule has 134 valence electrons. The Hall–Kier alpha value is -0.660. The van der Waals surface area contributed by atoms with E-state index < -0.39 is 0 Å². The molecule has 4 rings (SSSR count). The fraction of sp³-hybridized carbons (Fsp3) is 0.909. The summed E-state index contributed by atoms with van der Waals surface area (Å²) in [4.78, 5) is 23.4. The van der Waals surface area contributed by atoms with Crippen LogP contribution in [0.4, 0.5) is 0 Å². The van der Waals surface area contributed by atoms with E-state index in [0.29, 0.717) is 28.4 Å².